The van der Waals surface area contributed by atoms with Gasteiger partial charge < -0.3 is 15.0 Å². The quantitative estimate of drug-likeness (QED) is 0.495. The van der Waals surface area contributed by atoms with Crippen LogP contribution in [-0.2, 0) is 24.3 Å². The average Bonchev–Trinajstić information content (AvgIpc) is 3.30. The lowest BCUT2D eigenvalue weighted by Crippen LogP contribution is -2.12. The molecule has 0 aliphatic rings. The first-order valence-electron chi connectivity index (χ1n) is 9.37. The van der Waals surface area contributed by atoms with Crippen LogP contribution in [0.3, 0.4) is 0 Å². The van der Waals surface area contributed by atoms with E-state index in [4.69, 9.17) is 15.5 Å². The van der Waals surface area contributed by atoms with Gasteiger partial charge in [0.05, 0.1) is 11.7 Å². The second kappa shape index (κ2) is 7.98. The van der Waals surface area contributed by atoms with E-state index in [1.807, 2.05) is 18.3 Å². The number of carbonyl (C=O) groups excluding carboxylic acids is 1. The van der Waals surface area contributed by atoms with Crippen LogP contribution in [0, 0.1) is 0 Å². The van der Waals surface area contributed by atoms with Crippen LogP contribution in [0.5, 0.6) is 0 Å². The molecule has 0 unspecified atom stereocenters. The van der Waals surface area contributed by atoms with Crippen LogP contribution in [0.4, 0.5) is 4.79 Å². The molecule has 1 amide bonds. The van der Waals surface area contributed by atoms with Gasteiger partial charge in [0.25, 0.3) is 0 Å². The number of aryl methyl sites for hydroxylation is 1. The number of rotatable bonds is 7. The molecule has 144 valence electrons. The van der Waals surface area contributed by atoms with E-state index in [1.165, 1.54) is 5.56 Å². The Morgan fingerprint density at radius 1 is 1.21 bits per heavy atom. The third-order valence-electron chi connectivity index (χ3n) is 4.78. The van der Waals surface area contributed by atoms with Gasteiger partial charge >= 0.3 is 6.09 Å². The van der Waals surface area contributed by atoms with Gasteiger partial charge in [-0.25, -0.2) is 14.8 Å². The molecular formula is C21H22N4O2S. The highest BCUT2D eigenvalue weighted by Crippen LogP contribution is 2.29. The number of carbonyl (C=O) groups is 1. The van der Waals surface area contributed by atoms with Gasteiger partial charge in [0.2, 0.25) is 0 Å². The number of nitrogens with two attached hydrogens (primary N) is 1. The maximum atomic E-state index is 10.8. The highest BCUT2D eigenvalue weighted by molar-refractivity contribution is 7.16. The molecule has 0 fully saturated rings. The zero-order valence-electron chi connectivity index (χ0n) is 15.7. The molecule has 3 aromatic heterocycles. The SMILES string of the molecule is CCCCc1nc2cnc3sccc3c2n1Cc1ccc(COC(N)=O)cc1. The monoisotopic (exact) mass is 394 g/mol. The van der Waals surface area contributed by atoms with Crippen molar-refractivity contribution in [3.63, 3.8) is 0 Å². The van der Waals surface area contributed by atoms with E-state index in [0.29, 0.717) is 0 Å². The highest BCUT2D eigenvalue weighted by atomic mass is 32.1. The summed E-state index contributed by atoms with van der Waals surface area (Å²) < 4.78 is 7.17. The second-order valence-corrected chi connectivity index (χ2v) is 7.67. The summed E-state index contributed by atoms with van der Waals surface area (Å²) in [6.07, 6.45) is 4.30. The van der Waals surface area contributed by atoms with E-state index in [2.05, 4.69) is 40.1 Å². The maximum absolute atomic E-state index is 10.8. The molecule has 7 heteroatoms. The third kappa shape index (κ3) is 3.71. The van der Waals surface area contributed by atoms with Gasteiger partial charge in [-0.05, 0) is 29.0 Å². The molecule has 0 aliphatic heterocycles. The number of thiophene rings is 1. The Morgan fingerprint density at radius 2 is 2.00 bits per heavy atom. The minimum atomic E-state index is -0.761. The molecule has 0 saturated heterocycles. The maximum Gasteiger partial charge on any atom is 0.404 e. The van der Waals surface area contributed by atoms with E-state index < -0.39 is 6.09 Å². The minimum Gasteiger partial charge on any atom is -0.445 e. The number of aromatic nitrogens is 3. The third-order valence-corrected chi connectivity index (χ3v) is 5.60. The van der Waals surface area contributed by atoms with Crippen molar-refractivity contribution in [2.45, 2.75) is 39.3 Å². The Bertz CT molecular complexity index is 1110. The molecule has 4 aromatic rings. The lowest BCUT2D eigenvalue weighted by atomic mass is 10.1. The molecule has 0 saturated carbocycles. The van der Waals surface area contributed by atoms with Crippen molar-refractivity contribution >= 4 is 38.7 Å². The number of fused-ring (bicyclic) bond motifs is 3. The van der Waals surface area contributed by atoms with Crippen molar-refractivity contribution in [3.8, 4) is 0 Å². The van der Waals surface area contributed by atoms with Crippen molar-refractivity contribution in [3.05, 3.63) is 58.9 Å². The number of imidazole rings is 1. The summed E-state index contributed by atoms with van der Waals surface area (Å²) in [5, 5.41) is 3.23. The van der Waals surface area contributed by atoms with Crippen LogP contribution in [0.1, 0.15) is 36.7 Å². The van der Waals surface area contributed by atoms with E-state index in [9.17, 15) is 4.79 Å². The Hall–Kier alpha value is -2.93. The number of pyridine rings is 1. The number of hydrogen-bond acceptors (Lipinski definition) is 5. The Kier molecular flexibility index (Phi) is 5.25. The predicted octanol–water partition coefficient (Wildman–Crippen LogP) is 4.63. The first kappa shape index (κ1) is 18.4. The molecule has 28 heavy (non-hydrogen) atoms. The van der Waals surface area contributed by atoms with Gasteiger partial charge in [0.1, 0.15) is 22.8 Å². The van der Waals surface area contributed by atoms with Crippen LogP contribution in [0.25, 0.3) is 21.3 Å². The molecular weight excluding hydrogens is 372 g/mol. The highest BCUT2D eigenvalue weighted by Gasteiger charge is 2.15. The first-order chi connectivity index (χ1) is 13.7. The van der Waals surface area contributed by atoms with Crippen molar-refractivity contribution in [1.29, 1.82) is 0 Å². The van der Waals surface area contributed by atoms with E-state index >= 15 is 0 Å². The second-order valence-electron chi connectivity index (χ2n) is 6.77. The molecule has 6 nitrogen and oxygen atoms in total. The van der Waals surface area contributed by atoms with Gasteiger partial charge in [-0.3, -0.25) is 0 Å². The molecule has 0 atom stereocenters. The van der Waals surface area contributed by atoms with Gasteiger partial charge in [-0.15, -0.1) is 11.3 Å². The lowest BCUT2D eigenvalue weighted by molar-refractivity contribution is 0.150. The predicted molar refractivity (Wildman–Crippen MR) is 111 cm³/mol. The number of unbranched alkanes of at least 4 members (excludes halogenated alkanes) is 1. The number of amides is 1. The standard InChI is InChI=1S/C21H22N4O2S/c1-2-3-4-18-24-17-11-23-20-16(9-10-28-20)19(17)25(18)12-14-5-7-15(8-6-14)13-27-21(22)26/h5-11H,2-4,12-13H2,1H3,(H2,22,26). The van der Waals surface area contributed by atoms with Crippen LogP contribution in [0.2, 0.25) is 0 Å². The van der Waals surface area contributed by atoms with Gasteiger partial charge in [0, 0.05) is 18.4 Å². The van der Waals surface area contributed by atoms with Crippen LogP contribution < -0.4 is 5.73 Å². The summed E-state index contributed by atoms with van der Waals surface area (Å²) >= 11 is 1.65. The van der Waals surface area contributed by atoms with E-state index in [1.54, 1.807) is 11.3 Å². The number of ether oxygens (including phenoxy) is 1. The number of nitrogens with zero attached hydrogens (tertiary/aromatic N) is 3. The van der Waals surface area contributed by atoms with Crippen molar-refractivity contribution < 1.29 is 9.53 Å². The van der Waals surface area contributed by atoms with Crippen molar-refractivity contribution in [2.75, 3.05) is 0 Å². The fourth-order valence-electron chi connectivity index (χ4n) is 3.37. The summed E-state index contributed by atoms with van der Waals surface area (Å²) in [4.78, 5) is 21.2. The number of hydrogen-bond donors (Lipinski definition) is 1. The van der Waals surface area contributed by atoms with Crippen LogP contribution in [0.15, 0.2) is 41.9 Å². The first-order valence-corrected chi connectivity index (χ1v) is 10.2. The summed E-state index contributed by atoms with van der Waals surface area (Å²) in [5.41, 5.74) is 9.21. The molecule has 0 aliphatic carbocycles. The van der Waals surface area contributed by atoms with Crippen LogP contribution in [-0.4, -0.2) is 20.6 Å². The molecule has 0 bridgehead atoms. The normalized spacial score (nSPS) is 11.3. The van der Waals surface area contributed by atoms with Gasteiger partial charge in [-0.1, -0.05) is 37.6 Å². The molecule has 4 rings (SSSR count). The minimum absolute atomic E-state index is 0.187. The smallest absolute Gasteiger partial charge is 0.404 e. The summed E-state index contributed by atoms with van der Waals surface area (Å²) in [7, 11) is 0. The number of primary amides is 1. The topological polar surface area (TPSA) is 83.0 Å². The summed E-state index contributed by atoms with van der Waals surface area (Å²) in [5.74, 6) is 1.10. The lowest BCUT2D eigenvalue weighted by Gasteiger charge is -2.11. The Balaban J connectivity index is 1.70. The summed E-state index contributed by atoms with van der Waals surface area (Å²) in [6.45, 7) is 3.12. The Labute approximate surface area is 167 Å². The van der Waals surface area contributed by atoms with Gasteiger partial charge in [0.15, 0.2) is 0 Å². The van der Waals surface area contributed by atoms with Crippen molar-refractivity contribution in [2.24, 2.45) is 5.73 Å². The zero-order chi connectivity index (χ0) is 19.5. The van der Waals surface area contributed by atoms with Crippen molar-refractivity contribution in [1.82, 2.24) is 14.5 Å². The molecule has 1 aromatic carbocycles. The number of benzene rings is 1. The molecule has 3 heterocycles. The van der Waals surface area contributed by atoms with E-state index in [0.717, 1.165) is 58.4 Å². The van der Waals surface area contributed by atoms with Gasteiger partial charge in [-0.2, -0.15) is 0 Å². The Morgan fingerprint density at radius 3 is 2.75 bits per heavy atom. The average molecular weight is 395 g/mol. The summed E-state index contributed by atoms with van der Waals surface area (Å²) in [6, 6.07) is 10.2. The zero-order valence-corrected chi connectivity index (χ0v) is 16.5. The van der Waals surface area contributed by atoms with Crippen LogP contribution >= 0.6 is 11.3 Å². The van der Waals surface area contributed by atoms with E-state index in [-0.39, 0.29) is 6.61 Å². The fourth-order valence-corrected chi connectivity index (χ4v) is 4.11. The molecule has 0 spiro atoms. The molecule has 0 radical (unpaired) electrons. The largest absolute Gasteiger partial charge is 0.445 e. The molecule has 2 N–H and O–H groups in total. The fraction of sp³-hybridized carbons (Fsp3) is 0.286.